The standard InChI is InChI=1S/C17H23NO3.OS/c1-4-18(5-2)14-10-13-16(17(19)20-6-3)21-15-11-8-7-9-12-15;1-2/h7-14H,4-6H2,1-3H3;/b14-10+,16-13+;. The second kappa shape index (κ2) is 13.5. The van der Waals surface area contributed by atoms with E-state index in [9.17, 15) is 4.79 Å². The number of hydrogen-bond donors (Lipinski definition) is 0. The van der Waals surface area contributed by atoms with E-state index >= 15 is 0 Å². The predicted molar refractivity (Wildman–Crippen MR) is 92.0 cm³/mol. The van der Waals surface area contributed by atoms with Crippen LogP contribution in [0.5, 0.6) is 5.75 Å². The molecule has 0 aliphatic rings. The van der Waals surface area contributed by atoms with E-state index in [1.807, 2.05) is 24.4 Å². The summed E-state index contributed by atoms with van der Waals surface area (Å²) < 4.78 is 18.4. The van der Waals surface area contributed by atoms with Gasteiger partial charge in [0.1, 0.15) is 5.75 Å². The minimum Gasteiger partial charge on any atom is -0.460 e. The van der Waals surface area contributed by atoms with Crippen molar-refractivity contribution in [3.05, 3.63) is 54.4 Å². The van der Waals surface area contributed by atoms with Crippen LogP contribution in [0.25, 0.3) is 0 Å². The van der Waals surface area contributed by atoms with Crippen LogP contribution in [-0.4, -0.2) is 34.8 Å². The third kappa shape index (κ3) is 8.73. The van der Waals surface area contributed by atoms with Gasteiger partial charge in [-0.3, -0.25) is 0 Å². The highest BCUT2D eigenvalue weighted by atomic mass is 32.1. The molecule has 0 aliphatic heterocycles. The molecule has 0 fully saturated rings. The fourth-order valence-electron chi connectivity index (χ4n) is 1.65. The number of carbonyl (C=O) groups is 1. The van der Waals surface area contributed by atoms with E-state index in [0.717, 1.165) is 13.1 Å². The van der Waals surface area contributed by atoms with Crippen LogP contribution in [0.4, 0.5) is 0 Å². The van der Waals surface area contributed by atoms with Crippen LogP contribution in [0.15, 0.2) is 54.4 Å². The molecule has 0 bridgehead atoms. The summed E-state index contributed by atoms with van der Waals surface area (Å²) in [6.45, 7) is 8.05. The second-order valence-electron chi connectivity index (χ2n) is 4.23. The Labute approximate surface area is 143 Å². The van der Waals surface area contributed by atoms with Crippen molar-refractivity contribution in [3.8, 4) is 5.75 Å². The van der Waals surface area contributed by atoms with Gasteiger partial charge in [-0.15, -0.1) is 0 Å². The van der Waals surface area contributed by atoms with E-state index in [1.165, 1.54) is 0 Å². The molecule has 0 saturated carbocycles. The van der Waals surface area contributed by atoms with E-state index in [2.05, 4.69) is 31.3 Å². The Kier molecular flexibility index (Phi) is 12.2. The van der Waals surface area contributed by atoms with Crippen molar-refractivity contribution in [1.82, 2.24) is 4.90 Å². The van der Waals surface area contributed by atoms with Crippen LogP contribution in [0, 0.1) is 0 Å². The summed E-state index contributed by atoms with van der Waals surface area (Å²) in [5.41, 5.74) is 0. The minimum absolute atomic E-state index is 0.173. The van der Waals surface area contributed by atoms with Crippen molar-refractivity contribution in [2.45, 2.75) is 20.8 Å². The van der Waals surface area contributed by atoms with Crippen LogP contribution in [0.3, 0.4) is 0 Å². The average molecular weight is 337 g/mol. The lowest BCUT2D eigenvalue weighted by atomic mass is 10.3. The average Bonchev–Trinajstić information content (AvgIpc) is 2.60. The largest absolute Gasteiger partial charge is 0.460 e. The molecule has 6 heteroatoms. The fourth-order valence-corrected chi connectivity index (χ4v) is 1.65. The smallest absolute Gasteiger partial charge is 0.374 e. The predicted octanol–water partition coefficient (Wildman–Crippen LogP) is 3.03. The van der Waals surface area contributed by atoms with Gasteiger partial charge in [-0.25, -0.2) is 4.79 Å². The zero-order chi connectivity index (χ0) is 17.5. The number of hydrogen-bond acceptors (Lipinski definition) is 6. The third-order valence-electron chi connectivity index (χ3n) is 2.80. The van der Waals surface area contributed by atoms with Crippen molar-refractivity contribution >= 4 is 18.5 Å². The van der Waals surface area contributed by atoms with Gasteiger partial charge in [0.15, 0.2) is 12.5 Å². The minimum atomic E-state index is -0.467. The molecule has 0 radical (unpaired) electrons. The highest BCUT2D eigenvalue weighted by Crippen LogP contribution is 2.14. The van der Waals surface area contributed by atoms with Gasteiger partial charge >= 0.3 is 5.97 Å². The molecule has 126 valence electrons. The molecule has 0 aromatic heterocycles. The Balaban J connectivity index is 0.00000232. The van der Waals surface area contributed by atoms with Crippen molar-refractivity contribution in [2.24, 2.45) is 0 Å². The summed E-state index contributed by atoms with van der Waals surface area (Å²) in [6, 6.07) is 9.18. The van der Waals surface area contributed by atoms with Crippen LogP contribution in [0.1, 0.15) is 20.8 Å². The molecule has 0 N–H and O–H groups in total. The number of carbonyl (C=O) groups excluding carboxylic acids is 1. The van der Waals surface area contributed by atoms with Gasteiger partial charge in [-0.05, 0) is 51.3 Å². The number of allylic oxidation sites excluding steroid dienone is 2. The van der Waals surface area contributed by atoms with Gasteiger partial charge in [-0.2, -0.15) is 4.21 Å². The molecule has 0 heterocycles. The topological polar surface area (TPSA) is 55.8 Å². The van der Waals surface area contributed by atoms with Gasteiger partial charge in [0, 0.05) is 13.1 Å². The van der Waals surface area contributed by atoms with E-state index in [1.54, 1.807) is 31.2 Å². The SMILES string of the molecule is CCOC(=O)/C(=C\C=C\N(CC)CC)Oc1ccccc1.O=S. The first kappa shape index (κ1) is 20.8. The number of ether oxygens (including phenoxy) is 2. The van der Waals surface area contributed by atoms with E-state index in [-0.39, 0.29) is 5.76 Å². The first-order valence-corrected chi connectivity index (χ1v) is 7.73. The monoisotopic (exact) mass is 337 g/mol. The van der Waals surface area contributed by atoms with E-state index in [0.29, 0.717) is 12.4 Å². The van der Waals surface area contributed by atoms with Crippen molar-refractivity contribution in [2.75, 3.05) is 19.7 Å². The molecule has 5 nitrogen and oxygen atoms in total. The molecular formula is C17H23NO4S. The highest BCUT2D eigenvalue weighted by molar-refractivity contribution is 7.44. The van der Waals surface area contributed by atoms with E-state index in [4.69, 9.17) is 13.7 Å². The quantitative estimate of drug-likeness (QED) is 0.314. The summed E-state index contributed by atoms with van der Waals surface area (Å²) >= 11 is 2.83. The molecule has 1 rings (SSSR count). The van der Waals surface area contributed by atoms with Gasteiger partial charge < -0.3 is 14.4 Å². The normalized spacial score (nSPS) is 10.7. The summed E-state index contributed by atoms with van der Waals surface area (Å²) in [5, 5.41) is 0. The molecule has 0 saturated heterocycles. The third-order valence-corrected chi connectivity index (χ3v) is 2.80. The first-order valence-electron chi connectivity index (χ1n) is 7.40. The Bertz CT molecular complexity index is 499. The summed E-state index contributed by atoms with van der Waals surface area (Å²) in [7, 11) is 0. The lowest BCUT2D eigenvalue weighted by molar-refractivity contribution is -0.141. The molecule has 0 unspecified atom stereocenters. The van der Waals surface area contributed by atoms with Crippen LogP contribution >= 0.6 is 0 Å². The Morgan fingerprint density at radius 1 is 1.13 bits per heavy atom. The number of nitrogens with zero attached hydrogens (tertiary/aromatic N) is 1. The second-order valence-corrected chi connectivity index (χ2v) is 4.23. The molecule has 0 atom stereocenters. The van der Waals surface area contributed by atoms with Crippen molar-refractivity contribution in [3.63, 3.8) is 0 Å². The Morgan fingerprint density at radius 3 is 2.26 bits per heavy atom. The zero-order valence-corrected chi connectivity index (χ0v) is 14.5. The molecule has 0 amide bonds. The summed E-state index contributed by atoms with van der Waals surface area (Å²) in [6.07, 6.45) is 5.35. The number of para-hydroxylation sites is 1. The maximum Gasteiger partial charge on any atom is 0.374 e. The number of benzene rings is 1. The fraction of sp³-hybridized carbons (Fsp3) is 0.353. The zero-order valence-electron chi connectivity index (χ0n) is 13.7. The molecule has 1 aromatic carbocycles. The van der Waals surface area contributed by atoms with Gasteiger partial charge in [0.25, 0.3) is 0 Å². The van der Waals surface area contributed by atoms with Crippen molar-refractivity contribution in [1.29, 1.82) is 0 Å². The summed E-state index contributed by atoms with van der Waals surface area (Å²) in [5.74, 6) is 0.310. The number of esters is 1. The maximum absolute atomic E-state index is 11.9. The van der Waals surface area contributed by atoms with Crippen molar-refractivity contribution < 1.29 is 18.5 Å². The van der Waals surface area contributed by atoms with Gasteiger partial charge in [0.2, 0.25) is 5.76 Å². The lowest BCUT2D eigenvalue weighted by Crippen LogP contribution is -2.15. The van der Waals surface area contributed by atoms with E-state index < -0.39 is 5.97 Å². The van der Waals surface area contributed by atoms with Gasteiger partial charge in [0.05, 0.1) is 6.61 Å². The highest BCUT2D eigenvalue weighted by Gasteiger charge is 2.12. The first-order chi connectivity index (χ1) is 11.2. The molecule has 0 aliphatic carbocycles. The molecule has 23 heavy (non-hydrogen) atoms. The van der Waals surface area contributed by atoms with Crippen LogP contribution in [-0.2, 0) is 22.1 Å². The molecular weight excluding hydrogens is 314 g/mol. The molecule has 1 aromatic rings. The number of rotatable bonds is 8. The van der Waals surface area contributed by atoms with Crippen LogP contribution in [0.2, 0.25) is 0 Å². The lowest BCUT2D eigenvalue weighted by Gasteiger charge is -2.14. The van der Waals surface area contributed by atoms with Crippen LogP contribution < -0.4 is 4.74 Å². The molecule has 0 spiro atoms. The summed E-state index contributed by atoms with van der Waals surface area (Å²) in [4.78, 5) is 14.0. The maximum atomic E-state index is 11.9. The Hall–Kier alpha value is -2.21. The Morgan fingerprint density at radius 2 is 1.74 bits per heavy atom. The van der Waals surface area contributed by atoms with Gasteiger partial charge in [-0.1, -0.05) is 18.2 Å².